The highest BCUT2D eigenvalue weighted by Gasteiger charge is 2.35. The second kappa shape index (κ2) is 4.11. The highest BCUT2D eigenvalue weighted by molar-refractivity contribution is 7.09. The van der Waals surface area contributed by atoms with Crippen molar-refractivity contribution in [3.05, 3.63) is 22.4 Å². The number of thiophene rings is 1. The average molecular weight is 209 g/mol. The van der Waals surface area contributed by atoms with Crippen molar-refractivity contribution in [2.45, 2.75) is 25.1 Å². The first-order chi connectivity index (χ1) is 6.00. The van der Waals surface area contributed by atoms with Crippen LogP contribution in [0.5, 0.6) is 0 Å². The Labute approximate surface area is 78.4 Å². The SMILES string of the molecule is NC(CCc1cccs1)C(F)(F)F. The minimum atomic E-state index is -4.27. The lowest BCUT2D eigenvalue weighted by Gasteiger charge is -2.14. The number of halogens is 3. The molecule has 1 aromatic heterocycles. The highest BCUT2D eigenvalue weighted by Crippen LogP contribution is 2.22. The average Bonchev–Trinajstić information content (AvgIpc) is 2.50. The molecule has 1 rings (SSSR count). The van der Waals surface area contributed by atoms with Gasteiger partial charge in [-0.1, -0.05) is 6.07 Å². The van der Waals surface area contributed by atoms with Crippen molar-refractivity contribution in [1.29, 1.82) is 0 Å². The van der Waals surface area contributed by atoms with Gasteiger partial charge in [0.05, 0.1) is 0 Å². The van der Waals surface area contributed by atoms with Crippen LogP contribution in [0.3, 0.4) is 0 Å². The van der Waals surface area contributed by atoms with Gasteiger partial charge in [0, 0.05) is 4.88 Å². The Balaban J connectivity index is 2.35. The number of aryl methyl sites for hydroxylation is 1. The van der Waals surface area contributed by atoms with Crippen LogP contribution in [0.25, 0.3) is 0 Å². The first-order valence-corrected chi connectivity index (χ1v) is 4.73. The first-order valence-electron chi connectivity index (χ1n) is 3.85. The fraction of sp³-hybridized carbons (Fsp3) is 0.500. The molecule has 1 unspecified atom stereocenters. The third kappa shape index (κ3) is 3.36. The van der Waals surface area contributed by atoms with Gasteiger partial charge in [0.15, 0.2) is 0 Å². The van der Waals surface area contributed by atoms with Crippen LogP contribution < -0.4 is 5.73 Å². The minimum Gasteiger partial charge on any atom is -0.320 e. The number of nitrogens with two attached hydrogens (primary N) is 1. The highest BCUT2D eigenvalue weighted by atomic mass is 32.1. The van der Waals surface area contributed by atoms with Crippen LogP contribution in [0, 0.1) is 0 Å². The summed E-state index contributed by atoms with van der Waals surface area (Å²) in [5, 5.41) is 1.84. The lowest BCUT2D eigenvalue weighted by molar-refractivity contribution is -0.148. The van der Waals surface area contributed by atoms with E-state index in [1.165, 1.54) is 11.3 Å². The molecule has 13 heavy (non-hydrogen) atoms. The second-order valence-corrected chi connectivity index (χ2v) is 3.80. The first kappa shape index (κ1) is 10.5. The molecule has 5 heteroatoms. The van der Waals surface area contributed by atoms with Gasteiger partial charge in [-0.2, -0.15) is 13.2 Å². The van der Waals surface area contributed by atoms with Crippen LogP contribution >= 0.6 is 11.3 Å². The summed E-state index contributed by atoms with van der Waals surface area (Å²) in [4.78, 5) is 0.944. The smallest absolute Gasteiger partial charge is 0.320 e. The van der Waals surface area contributed by atoms with Crippen molar-refractivity contribution < 1.29 is 13.2 Å². The molecule has 0 fully saturated rings. The quantitative estimate of drug-likeness (QED) is 0.813. The largest absolute Gasteiger partial charge is 0.403 e. The van der Waals surface area contributed by atoms with E-state index in [1.54, 1.807) is 0 Å². The van der Waals surface area contributed by atoms with E-state index < -0.39 is 12.2 Å². The van der Waals surface area contributed by atoms with E-state index >= 15 is 0 Å². The van der Waals surface area contributed by atoms with Crippen molar-refractivity contribution in [3.8, 4) is 0 Å². The Morgan fingerprint density at radius 3 is 2.62 bits per heavy atom. The van der Waals surface area contributed by atoms with Crippen molar-refractivity contribution in [2.75, 3.05) is 0 Å². The Kier molecular flexibility index (Phi) is 3.33. The fourth-order valence-corrected chi connectivity index (χ4v) is 1.64. The molecule has 1 heterocycles. The van der Waals surface area contributed by atoms with E-state index in [1.807, 2.05) is 17.5 Å². The van der Waals surface area contributed by atoms with E-state index in [2.05, 4.69) is 0 Å². The molecule has 1 nitrogen and oxygen atoms in total. The summed E-state index contributed by atoms with van der Waals surface area (Å²) in [5.41, 5.74) is 4.95. The summed E-state index contributed by atoms with van der Waals surface area (Å²) in [6, 6.07) is 1.93. The van der Waals surface area contributed by atoms with E-state index in [-0.39, 0.29) is 6.42 Å². The van der Waals surface area contributed by atoms with E-state index in [0.717, 1.165) is 4.88 Å². The summed E-state index contributed by atoms with van der Waals surface area (Å²) in [6.07, 6.45) is -3.90. The molecular weight excluding hydrogens is 199 g/mol. The molecular formula is C8H10F3NS. The van der Waals surface area contributed by atoms with Crippen molar-refractivity contribution in [2.24, 2.45) is 5.73 Å². The molecule has 0 saturated carbocycles. The summed E-state index contributed by atoms with van der Waals surface area (Å²) in [5.74, 6) is 0. The molecule has 0 aliphatic heterocycles. The van der Waals surface area contributed by atoms with E-state index in [9.17, 15) is 13.2 Å². The molecule has 74 valence electrons. The second-order valence-electron chi connectivity index (χ2n) is 2.77. The number of rotatable bonds is 3. The van der Waals surface area contributed by atoms with Crippen LogP contribution in [-0.2, 0) is 6.42 Å². The van der Waals surface area contributed by atoms with Gasteiger partial charge in [-0.15, -0.1) is 11.3 Å². The van der Waals surface area contributed by atoms with Gasteiger partial charge in [0.25, 0.3) is 0 Å². The molecule has 2 N–H and O–H groups in total. The molecule has 0 saturated heterocycles. The maximum Gasteiger partial charge on any atom is 0.403 e. The van der Waals surface area contributed by atoms with Gasteiger partial charge in [0.1, 0.15) is 6.04 Å². The molecule has 0 aliphatic rings. The van der Waals surface area contributed by atoms with E-state index in [0.29, 0.717) is 6.42 Å². The third-order valence-electron chi connectivity index (χ3n) is 1.70. The molecule has 0 radical (unpaired) electrons. The molecule has 0 aromatic carbocycles. The zero-order valence-corrected chi connectivity index (χ0v) is 7.66. The Morgan fingerprint density at radius 1 is 1.46 bits per heavy atom. The van der Waals surface area contributed by atoms with Gasteiger partial charge in [-0.3, -0.25) is 0 Å². The van der Waals surface area contributed by atoms with Crippen LogP contribution in [0.4, 0.5) is 13.2 Å². The topological polar surface area (TPSA) is 26.0 Å². The van der Waals surface area contributed by atoms with Gasteiger partial charge in [-0.25, -0.2) is 0 Å². The van der Waals surface area contributed by atoms with Gasteiger partial charge < -0.3 is 5.73 Å². The predicted molar refractivity (Wildman–Crippen MR) is 46.7 cm³/mol. The predicted octanol–water partition coefficient (Wildman–Crippen LogP) is 2.57. The summed E-state index contributed by atoms with van der Waals surface area (Å²) in [7, 11) is 0. The lowest BCUT2D eigenvalue weighted by Crippen LogP contribution is -2.37. The molecule has 0 spiro atoms. The summed E-state index contributed by atoms with van der Waals surface area (Å²) in [6.45, 7) is 0. The zero-order valence-electron chi connectivity index (χ0n) is 6.84. The molecule has 1 aromatic rings. The minimum absolute atomic E-state index is 0.0377. The normalized spacial score (nSPS) is 14.5. The molecule has 0 bridgehead atoms. The zero-order chi connectivity index (χ0) is 9.90. The van der Waals surface area contributed by atoms with Crippen LogP contribution in [0.2, 0.25) is 0 Å². The Bertz CT molecular complexity index is 242. The molecule has 0 amide bonds. The maximum absolute atomic E-state index is 12.0. The molecule has 0 aliphatic carbocycles. The Morgan fingerprint density at radius 2 is 2.15 bits per heavy atom. The van der Waals surface area contributed by atoms with Gasteiger partial charge >= 0.3 is 6.18 Å². The standard InChI is InChI=1S/C8H10F3NS/c9-8(10,11)7(12)4-3-6-2-1-5-13-6/h1-2,5,7H,3-4,12H2. The van der Waals surface area contributed by atoms with Gasteiger partial charge in [0.2, 0.25) is 0 Å². The number of alkyl halides is 3. The van der Waals surface area contributed by atoms with Crippen LogP contribution in [0.15, 0.2) is 17.5 Å². The number of hydrogen-bond acceptors (Lipinski definition) is 2. The maximum atomic E-state index is 12.0. The van der Waals surface area contributed by atoms with Crippen LogP contribution in [-0.4, -0.2) is 12.2 Å². The third-order valence-corrected chi connectivity index (χ3v) is 2.64. The summed E-state index contributed by atoms with van der Waals surface area (Å²) >= 11 is 1.45. The van der Waals surface area contributed by atoms with E-state index in [4.69, 9.17) is 5.73 Å². The lowest BCUT2D eigenvalue weighted by atomic mass is 10.1. The Hall–Kier alpha value is -0.550. The number of hydrogen-bond donors (Lipinski definition) is 1. The van der Waals surface area contributed by atoms with Crippen molar-refractivity contribution in [1.82, 2.24) is 0 Å². The van der Waals surface area contributed by atoms with Crippen molar-refractivity contribution >= 4 is 11.3 Å². The summed E-state index contributed by atoms with van der Waals surface area (Å²) < 4.78 is 35.9. The van der Waals surface area contributed by atoms with Crippen LogP contribution in [0.1, 0.15) is 11.3 Å². The van der Waals surface area contributed by atoms with Crippen molar-refractivity contribution in [3.63, 3.8) is 0 Å². The monoisotopic (exact) mass is 209 g/mol. The van der Waals surface area contributed by atoms with Gasteiger partial charge in [-0.05, 0) is 24.3 Å². The molecule has 1 atom stereocenters. The fourth-order valence-electron chi connectivity index (χ4n) is 0.916.